The minimum atomic E-state index is -0.503. The SMILES string of the molecule is Cl.O=C(NC1CCN(C(=O)c2ccccc2F)CC1)c1ccn(C2CCCNC2)n1. The first kappa shape index (κ1) is 22.2. The number of carbonyl (C=O) groups is 2. The number of hydrogen-bond donors (Lipinski definition) is 2. The van der Waals surface area contributed by atoms with E-state index in [9.17, 15) is 14.0 Å². The third kappa shape index (κ3) is 4.99. The van der Waals surface area contributed by atoms with Crippen molar-refractivity contribution in [3.63, 3.8) is 0 Å². The van der Waals surface area contributed by atoms with Gasteiger partial charge in [-0.15, -0.1) is 12.4 Å². The predicted molar refractivity (Wildman–Crippen MR) is 113 cm³/mol. The molecule has 30 heavy (non-hydrogen) atoms. The van der Waals surface area contributed by atoms with Gasteiger partial charge in [-0.2, -0.15) is 5.10 Å². The smallest absolute Gasteiger partial charge is 0.271 e. The van der Waals surface area contributed by atoms with Crippen LogP contribution in [0.3, 0.4) is 0 Å². The molecule has 2 saturated heterocycles. The van der Waals surface area contributed by atoms with Crippen molar-refractivity contribution in [2.24, 2.45) is 0 Å². The maximum absolute atomic E-state index is 13.9. The normalized spacial score (nSPS) is 19.8. The Morgan fingerprint density at radius 1 is 1.13 bits per heavy atom. The second-order valence-electron chi connectivity index (χ2n) is 7.70. The molecule has 2 aliphatic rings. The lowest BCUT2D eigenvalue weighted by Crippen LogP contribution is -2.46. The summed E-state index contributed by atoms with van der Waals surface area (Å²) in [6.07, 6.45) is 5.31. The average Bonchev–Trinajstić information content (AvgIpc) is 3.25. The van der Waals surface area contributed by atoms with E-state index < -0.39 is 5.82 Å². The summed E-state index contributed by atoms with van der Waals surface area (Å²) >= 11 is 0. The maximum Gasteiger partial charge on any atom is 0.271 e. The molecule has 1 atom stereocenters. The molecule has 3 heterocycles. The van der Waals surface area contributed by atoms with E-state index in [-0.39, 0.29) is 41.9 Å². The van der Waals surface area contributed by atoms with E-state index in [0.29, 0.717) is 31.6 Å². The lowest BCUT2D eigenvalue weighted by atomic mass is 10.0. The molecule has 1 unspecified atom stereocenters. The van der Waals surface area contributed by atoms with Crippen molar-refractivity contribution in [3.8, 4) is 0 Å². The Hall–Kier alpha value is -2.45. The molecule has 0 radical (unpaired) electrons. The minimum Gasteiger partial charge on any atom is -0.348 e. The average molecular weight is 436 g/mol. The van der Waals surface area contributed by atoms with E-state index >= 15 is 0 Å². The lowest BCUT2D eigenvalue weighted by Gasteiger charge is -2.32. The third-order valence-corrected chi connectivity index (χ3v) is 5.71. The highest BCUT2D eigenvalue weighted by atomic mass is 35.5. The van der Waals surface area contributed by atoms with Crippen molar-refractivity contribution in [2.45, 2.75) is 37.8 Å². The van der Waals surface area contributed by atoms with E-state index in [2.05, 4.69) is 15.7 Å². The standard InChI is InChI=1S/C21H26FN5O2.ClH/c22-18-6-2-1-5-17(18)21(29)26-11-7-15(8-12-26)24-20(28)19-9-13-27(25-19)16-4-3-10-23-14-16;/h1-2,5-6,9,13,15-16,23H,3-4,7-8,10-12,14H2,(H,24,28);1H. The van der Waals surface area contributed by atoms with Crippen LogP contribution in [0.1, 0.15) is 52.6 Å². The quantitative estimate of drug-likeness (QED) is 0.773. The second-order valence-corrected chi connectivity index (χ2v) is 7.70. The first-order valence-electron chi connectivity index (χ1n) is 10.2. The largest absolute Gasteiger partial charge is 0.348 e. The number of rotatable bonds is 4. The Morgan fingerprint density at radius 3 is 2.60 bits per heavy atom. The van der Waals surface area contributed by atoms with Crippen LogP contribution in [0, 0.1) is 5.82 Å². The molecule has 1 aromatic carbocycles. The van der Waals surface area contributed by atoms with Gasteiger partial charge >= 0.3 is 0 Å². The zero-order valence-corrected chi connectivity index (χ0v) is 17.5. The molecule has 162 valence electrons. The fraction of sp³-hybridized carbons (Fsp3) is 0.476. The molecule has 0 aliphatic carbocycles. The Bertz CT molecular complexity index is 876. The van der Waals surface area contributed by atoms with Gasteiger partial charge in [0.1, 0.15) is 11.5 Å². The fourth-order valence-corrected chi connectivity index (χ4v) is 4.01. The molecule has 9 heteroatoms. The number of benzene rings is 1. The van der Waals surface area contributed by atoms with Gasteiger partial charge in [-0.05, 0) is 50.4 Å². The van der Waals surface area contributed by atoms with Gasteiger partial charge in [0.05, 0.1) is 11.6 Å². The van der Waals surface area contributed by atoms with Crippen LogP contribution in [0.5, 0.6) is 0 Å². The number of amides is 2. The molecule has 0 bridgehead atoms. The summed E-state index contributed by atoms with van der Waals surface area (Å²) in [5.41, 5.74) is 0.512. The predicted octanol–water partition coefficient (Wildman–Crippen LogP) is 2.40. The fourth-order valence-electron chi connectivity index (χ4n) is 4.01. The van der Waals surface area contributed by atoms with E-state index in [1.54, 1.807) is 23.1 Å². The Kier molecular flexibility index (Phi) is 7.44. The third-order valence-electron chi connectivity index (χ3n) is 5.71. The molecular weight excluding hydrogens is 409 g/mol. The topological polar surface area (TPSA) is 79.3 Å². The van der Waals surface area contributed by atoms with E-state index in [0.717, 1.165) is 25.9 Å². The van der Waals surface area contributed by atoms with E-state index in [4.69, 9.17) is 0 Å². The first-order valence-corrected chi connectivity index (χ1v) is 10.2. The summed E-state index contributed by atoms with van der Waals surface area (Å²) in [6, 6.07) is 8.05. The van der Waals surface area contributed by atoms with Crippen LogP contribution < -0.4 is 10.6 Å². The number of piperidine rings is 2. The molecule has 4 rings (SSSR count). The number of likely N-dealkylation sites (tertiary alicyclic amines) is 1. The van der Waals surface area contributed by atoms with Crippen LogP contribution in [-0.2, 0) is 0 Å². The molecule has 2 N–H and O–H groups in total. The molecular formula is C21H27ClFN5O2. The summed E-state index contributed by atoms with van der Waals surface area (Å²) < 4.78 is 15.7. The summed E-state index contributed by atoms with van der Waals surface area (Å²) in [5, 5.41) is 10.8. The number of nitrogens with zero attached hydrogens (tertiary/aromatic N) is 3. The monoisotopic (exact) mass is 435 g/mol. The van der Waals surface area contributed by atoms with Gasteiger partial charge in [0.15, 0.2) is 0 Å². The number of aromatic nitrogens is 2. The summed E-state index contributed by atoms with van der Waals surface area (Å²) in [4.78, 5) is 26.7. The van der Waals surface area contributed by atoms with Gasteiger partial charge in [-0.3, -0.25) is 14.3 Å². The second kappa shape index (κ2) is 10.0. The van der Waals surface area contributed by atoms with Crippen molar-refractivity contribution in [3.05, 3.63) is 53.6 Å². The number of halogens is 2. The molecule has 1 aromatic heterocycles. The van der Waals surface area contributed by atoms with Gasteiger partial charge in [-0.1, -0.05) is 12.1 Å². The summed E-state index contributed by atoms with van der Waals surface area (Å²) in [7, 11) is 0. The lowest BCUT2D eigenvalue weighted by molar-refractivity contribution is 0.0693. The maximum atomic E-state index is 13.9. The van der Waals surface area contributed by atoms with Crippen LogP contribution >= 0.6 is 12.4 Å². The zero-order valence-electron chi connectivity index (χ0n) is 16.7. The van der Waals surface area contributed by atoms with Gasteiger partial charge in [0.25, 0.3) is 11.8 Å². The first-order chi connectivity index (χ1) is 14.1. The van der Waals surface area contributed by atoms with Crippen molar-refractivity contribution >= 4 is 24.2 Å². The highest BCUT2D eigenvalue weighted by Crippen LogP contribution is 2.18. The molecule has 2 fully saturated rings. The molecule has 0 spiro atoms. The van der Waals surface area contributed by atoms with Crippen molar-refractivity contribution in [1.29, 1.82) is 0 Å². The number of nitrogens with one attached hydrogen (secondary N) is 2. The summed E-state index contributed by atoms with van der Waals surface area (Å²) in [6.45, 7) is 2.88. The Labute approximate surface area is 181 Å². The van der Waals surface area contributed by atoms with Crippen LogP contribution in [-0.4, -0.2) is 58.7 Å². The van der Waals surface area contributed by atoms with Crippen LogP contribution in [0.2, 0.25) is 0 Å². The van der Waals surface area contributed by atoms with Gasteiger partial charge in [-0.25, -0.2) is 4.39 Å². The minimum absolute atomic E-state index is 0. The molecule has 0 saturated carbocycles. The number of carbonyl (C=O) groups excluding carboxylic acids is 2. The van der Waals surface area contributed by atoms with Gasteiger partial charge < -0.3 is 15.5 Å². The van der Waals surface area contributed by atoms with Gasteiger partial charge in [0.2, 0.25) is 0 Å². The van der Waals surface area contributed by atoms with Crippen LogP contribution in [0.15, 0.2) is 36.5 Å². The highest BCUT2D eigenvalue weighted by molar-refractivity contribution is 5.94. The Morgan fingerprint density at radius 2 is 1.90 bits per heavy atom. The Balaban J connectivity index is 0.00000256. The zero-order chi connectivity index (χ0) is 20.2. The van der Waals surface area contributed by atoms with Crippen LogP contribution in [0.4, 0.5) is 4.39 Å². The molecule has 2 amide bonds. The highest BCUT2D eigenvalue weighted by Gasteiger charge is 2.27. The van der Waals surface area contributed by atoms with Crippen molar-refractivity contribution in [1.82, 2.24) is 25.3 Å². The van der Waals surface area contributed by atoms with Gasteiger partial charge in [0, 0.05) is 31.9 Å². The van der Waals surface area contributed by atoms with E-state index in [1.165, 1.54) is 12.1 Å². The number of hydrogen-bond acceptors (Lipinski definition) is 4. The summed E-state index contributed by atoms with van der Waals surface area (Å²) in [5.74, 6) is -0.990. The van der Waals surface area contributed by atoms with E-state index in [1.807, 2.05) is 10.9 Å². The molecule has 2 aromatic rings. The van der Waals surface area contributed by atoms with Crippen molar-refractivity contribution < 1.29 is 14.0 Å². The molecule has 7 nitrogen and oxygen atoms in total. The van der Waals surface area contributed by atoms with Crippen molar-refractivity contribution in [2.75, 3.05) is 26.2 Å². The molecule has 2 aliphatic heterocycles. The van der Waals surface area contributed by atoms with Crippen LogP contribution in [0.25, 0.3) is 0 Å².